The standard InChI is InChI=1S/C23H24N2O2/c1-2-21-20(19-10-6-7-11-22(19)27-21)12-13-23(26)25-16-14-24(15-17-25)18-8-4-3-5-9-18/h3-13H,2,14-17H2,1H3/b13-12+. The fraction of sp³-hybridized carbons (Fsp3) is 0.261. The average Bonchev–Trinajstić information content (AvgIpc) is 3.10. The van der Waals surface area contributed by atoms with E-state index in [0.29, 0.717) is 0 Å². The van der Waals surface area contributed by atoms with Crippen LogP contribution in [-0.4, -0.2) is 37.0 Å². The van der Waals surface area contributed by atoms with Crippen molar-refractivity contribution >= 4 is 28.6 Å². The monoisotopic (exact) mass is 360 g/mol. The lowest BCUT2D eigenvalue weighted by molar-refractivity contribution is -0.126. The van der Waals surface area contributed by atoms with Gasteiger partial charge in [0.25, 0.3) is 0 Å². The lowest BCUT2D eigenvalue weighted by Crippen LogP contribution is -2.48. The molecule has 4 nitrogen and oxygen atoms in total. The van der Waals surface area contributed by atoms with Crippen LogP contribution in [0, 0.1) is 0 Å². The summed E-state index contributed by atoms with van der Waals surface area (Å²) in [6.45, 7) is 5.27. The van der Waals surface area contributed by atoms with Gasteiger partial charge in [-0.2, -0.15) is 0 Å². The number of hydrogen-bond donors (Lipinski definition) is 0. The van der Waals surface area contributed by atoms with E-state index in [1.54, 1.807) is 6.08 Å². The van der Waals surface area contributed by atoms with Gasteiger partial charge in [0.2, 0.25) is 5.91 Å². The van der Waals surface area contributed by atoms with Crippen LogP contribution in [0.3, 0.4) is 0 Å². The van der Waals surface area contributed by atoms with Gasteiger partial charge in [-0.05, 0) is 24.3 Å². The summed E-state index contributed by atoms with van der Waals surface area (Å²) in [5.41, 5.74) is 3.11. The van der Waals surface area contributed by atoms with E-state index < -0.39 is 0 Å². The number of furan rings is 1. The highest BCUT2D eigenvalue weighted by atomic mass is 16.3. The van der Waals surface area contributed by atoms with Crippen molar-refractivity contribution in [1.82, 2.24) is 4.90 Å². The number of carbonyl (C=O) groups is 1. The van der Waals surface area contributed by atoms with Crippen LogP contribution in [0.25, 0.3) is 17.0 Å². The van der Waals surface area contributed by atoms with Gasteiger partial charge in [-0.3, -0.25) is 4.79 Å². The van der Waals surface area contributed by atoms with Crippen LogP contribution in [0.5, 0.6) is 0 Å². The van der Waals surface area contributed by atoms with Gasteiger partial charge in [0.05, 0.1) is 0 Å². The van der Waals surface area contributed by atoms with Gasteiger partial charge in [-0.15, -0.1) is 0 Å². The molecule has 2 heterocycles. The molecule has 2 aromatic carbocycles. The summed E-state index contributed by atoms with van der Waals surface area (Å²) in [6, 6.07) is 18.3. The van der Waals surface area contributed by atoms with Crippen LogP contribution in [0.4, 0.5) is 5.69 Å². The Balaban J connectivity index is 1.44. The van der Waals surface area contributed by atoms with Gasteiger partial charge in [0.1, 0.15) is 11.3 Å². The number of amides is 1. The third-order valence-electron chi connectivity index (χ3n) is 5.14. The molecule has 0 spiro atoms. The van der Waals surface area contributed by atoms with E-state index in [0.717, 1.165) is 54.9 Å². The summed E-state index contributed by atoms with van der Waals surface area (Å²) in [6.07, 6.45) is 4.41. The van der Waals surface area contributed by atoms with Crippen LogP contribution in [0.1, 0.15) is 18.2 Å². The van der Waals surface area contributed by atoms with Crippen molar-refractivity contribution in [2.45, 2.75) is 13.3 Å². The molecule has 1 fully saturated rings. The third-order valence-corrected chi connectivity index (χ3v) is 5.14. The van der Waals surface area contributed by atoms with Crippen LogP contribution >= 0.6 is 0 Å². The summed E-state index contributed by atoms with van der Waals surface area (Å²) in [7, 11) is 0. The Morgan fingerprint density at radius 1 is 1.00 bits per heavy atom. The predicted octanol–water partition coefficient (Wildman–Crippen LogP) is 4.36. The molecule has 4 rings (SSSR count). The van der Waals surface area contributed by atoms with Gasteiger partial charge in [-0.1, -0.05) is 43.3 Å². The first kappa shape index (κ1) is 17.4. The minimum Gasteiger partial charge on any atom is -0.460 e. The molecule has 0 unspecified atom stereocenters. The smallest absolute Gasteiger partial charge is 0.246 e. The Labute approximate surface area is 159 Å². The summed E-state index contributed by atoms with van der Waals surface area (Å²) in [5.74, 6) is 0.990. The zero-order valence-corrected chi connectivity index (χ0v) is 15.6. The van der Waals surface area contributed by atoms with Crippen LogP contribution in [0.15, 0.2) is 65.1 Å². The largest absolute Gasteiger partial charge is 0.460 e. The number of carbonyl (C=O) groups excluding carboxylic acids is 1. The van der Waals surface area contributed by atoms with Crippen molar-refractivity contribution in [1.29, 1.82) is 0 Å². The number of nitrogens with zero attached hydrogens (tertiary/aromatic N) is 2. The first-order valence-corrected chi connectivity index (χ1v) is 9.53. The van der Waals surface area contributed by atoms with Crippen molar-refractivity contribution in [2.75, 3.05) is 31.1 Å². The van der Waals surface area contributed by atoms with Crippen molar-refractivity contribution in [3.8, 4) is 0 Å². The van der Waals surface area contributed by atoms with Crippen molar-refractivity contribution in [3.05, 3.63) is 72.0 Å². The zero-order chi connectivity index (χ0) is 18.6. The second-order valence-corrected chi connectivity index (χ2v) is 6.77. The molecule has 1 saturated heterocycles. The Hall–Kier alpha value is -3.01. The normalized spacial score (nSPS) is 15.0. The fourth-order valence-electron chi connectivity index (χ4n) is 3.65. The number of aryl methyl sites for hydroxylation is 1. The second-order valence-electron chi connectivity index (χ2n) is 6.77. The summed E-state index contributed by atoms with van der Waals surface area (Å²) >= 11 is 0. The lowest BCUT2D eigenvalue weighted by Gasteiger charge is -2.35. The molecule has 1 amide bonds. The summed E-state index contributed by atoms with van der Waals surface area (Å²) in [5, 5.41) is 1.06. The van der Waals surface area contributed by atoms with Crippen LogP contribution in [0.2, 0.25) is 0 Å². The highest BCUT2D eigenvalue weighted by Crippen LogP contribution is 2.27. The lowest BCUT2D eigenvalue weighted by atomic mass is 10.1. The van der Waals surface area contributed by atoms with Crippen LogP contribution < -0.4 is 4.90 Å². The second kappa shape index (κ2) is 7.70. The number of rotatable bonds is 4. The summed E-state index contributed by atoms with van der Waals surface area (Å²) < 4.78 is 5.91. The quantitative estimate of drug-likeness (QED) is 0.649. The van der Waals surface area contributed by atoms with E-state index in [1.807, 2.05) is 41.3 Å². The van der Waals surface area contributed by atoms with E-state index in [4.69, 9.17) is 4.42 Å². The molecular weight excluding hydrogens is 336 g/mol. The maximum Gasteiger partial charge on any atom is 0.246 e. The van der Waals surface area contributed by atoms with Gasteiger partial charge in [0.15, 0.2) is 0 Å². The minimum atomic E-state index is 0.0649. The Morgan fingerprint density at radius 2 is 1.70 bits per heavy atom. The number of piperazine rings is 1. The molecule has 138 valence electrons. The Bertz CT molecular complexity index is 951. The van der Waals surface area contributed by atoms with Gasteiger partial charge in [-0.25, -0.2) is 0 Å². The zero-order valence-electron chi connectivity index (χ0n) is 15.6. The van der Waals surface area contributed by atoms with Crippen molar-refractivity contribution in [3.63, 3.8) is 0 Å². The first-order chi connectivity index (χ1) is 13.3. The molecule has 0 atom stereocenters. The average molecular weight is 360 g/mol. The molecule has 4 heteroatoms. The maximum atomic E-state index is 12.7. The molecule has 0 bridgehead atoms. The van der Waals surface area contributed by atoms with E-state index in [2.05, 4.69) is 36.1 Å². The Kier molecular flexibility index (Phi) is 4.97. The maximum absolute atomic E-state index is 12.7. The molecular formula is C23H24N2O2. The minimum absolute atomic E-state index is 0.0649. The van der Waals surface area contributed by atoms with Gasteiger partial charge >= 0.3 is 0 Å². The molecule has 1 aromatic heterocycles. The Morgan fingerprint density at radius 3 is 2.44 bits per heavy atom. The first-order valence-electron chi connectivity index (χ1n) is 9.53. The highest BCUT2D eigenvalue weighted by molar-refractivity contribution is 5.96. The molecule has 3 aromatic rings. The van der Waals surface area contributed by atoms with Crippen molar-refractivity contribution < 1.29 is 9.21 Å². The molecule has 0 saturated carbocycles. The van der Waals surface area contributed by atoms with Gasteiger partial charge in [0, 0.05) is 55.3 Å². The van der Waals surface area contributed by atoms with Crippen LogP contribution in [-0.2, 0) is 11.2 Å². The third kappa shape index (κ3) is 3.61. The molecule has 27 heavy (non-hydrogen) atoms. The number of para-hydroxylation sites is 2. The molecule has 0 aliphatic carbocycles. The molecule has 0 N–H and O–H groups in total. The van der Waals surface area contributed by atoms with Crippen molar-refractivity contribution in [2.24, 2.45) is 0 Å². The van der Waals surface area contributed by atoms with E-state index >= 15 is 0 Å². The summed E-state index contributed by atoms with van der Waals surface area (Å²) in [4.78, 5) is 16.9. The topological polar surface area (TPSA) is 36.7 Å². The predicted molar refractivity (Wildman–Crippen MR) is 110 cm³/mol. The number of anilines is 1. The number of benzene rings is 2. The number of fused-ring (bicyclic) bond motifs is 1. The van der Waals surface area contributed by atoms with E-state index in [9.17, 15) is 4.79 Å². The SMILES string of the molecule is CCc1oc2ccccc2c1/C=C/C(=O)N1CCN(c2ccccc2)CC1. The molecule has 0 radical (unpaired) electrons. The fourth-order valence-corrected chi connectivity index (χ4v) is 3.65. The van der Waals surface area contributed by atoms with E-state index in [1.165, 1.54) is 5.69 Å². The highest BCUT2D eigenvalue weighted by Gasteiger charge is 2.20. The molecule has 1 aliphatic heterocycles. The van der Waals surface area contributed by atoms with E-state index in [-0.39, 0.29) is 5.91 Å². The van der Waals surface area contributed by atoms with Gasteiger partial charge < -0.3 is 14.2 Å². The number of hydrogen-bond acceptors (Lipinski definition) is 3. The molecule has 1 aliphatic rings.